The van der Waals surface area contributed by atoms with Crippen molar-refractivity contribution in [2.45, 2.75) is 38.4 Å². The van der Waals surface area contributed by atoms with Gasteiger partial charge in [0.1, 0.15) is 0 Å². The van der Waals surface area contributed by atoms with Crippen LogP contribution in [0.4, 0.5) is 0 Å². The largest absolute Gasteiger partial charge is 0.356 e. The average Bonchev–Trinajstić information content (AvgIpc) is 2.25. The first-order chi connectivity index (χ1) is 7.15. The van der Waals surface area contributed by atoms with E-state index in [4.69, 9.17) is 5.73 Å². The van der Waals surface area contributed by atoms with Crippen LogP contribution >= 0.6 is 11.8 Å². The quantitative estimate of drug-likeness (QED) is 0.668. The van der Waals surface area contributed by atoms with Crippen LogP contribution in [0.25, 0.3) is 0 Å². The molecule has 0 saturated carbocycles. The number of hydrogen-bond donors (Lipinski definition) is 2. The third kappa shape index (κ3) is 6.79. The van der Waals surface area contributed by atoms with E-state index in [0.29, 0.717) is 11.8 Å². The monoisotopic (exact) mass is 232 g/mol. The van der Waals surface area contributed by atoms with E-state index < -0.39 is 0 Å². The summed E-state index contributed by atoms with van der Waals surface area (Å²) in [7, 11) is 0. The fourth-order valence-electron chi connectivity index (χ4n) is 1.37. The topological polar surface area (TPSA) is 55.1 Å². The van der Waals surface area contributed by atoms with Crippen LogP contribution in [0.5, 0.6) is 0 Å². The molecule has 1 amide bonds. The normalized spacial score (nSPS) is 14.7. The smallest absolute Gasteiger partial charge is 0.224 e. The third-order valence-corrected chi connectivity index (χ3v) is 3.59. The molecule has 2 unspecified atom stereocenters. The predicted molar refractivity (Wildman–Crippen MR) is 68.1 cm³/mol. The first kappa shape index (κ1) is 14.8. The second kappa shape index (κ2) is 9.04. The van der Waals surface area contributed by atoms with Crippen molar-refractivity contribution in [1.82, 2.24) is 5.32 Å². The summed E-state index contributed by atoms with van der Waals surface area (Å²) >= 11 is 1.82. The summed E-state index contributed by atoms with van der Waals surface area (Å²) in [5.74, 6) is 0.118. The van der Waals surface area contributed by atoms with Crippen molar-refractivity contribution in [3.8, 4) is 0 Å². The van der Waals surface area contributed by atoms with Gasteiger partial charge in [0.15, 0.2) is 0 Å². The molecule has 0 spiro atoms. The molecule has 0 aliphatic rings. The van der Waals surface area contributed by atoms with E-state index in [0.717, 1.165) is 25.8 Å². The Morgan fingerprint density at radius 2 is 2.13 bits per heavy atom. The third-order valence-electron chi connectivity index (χ3n) is 2.54. The van der Waals surface area contributed by atoms with E-state index >= 15 is 0 Å². The summed E-state index contributed by atoms with van der Waals surface area (Å²) in [4.78, 5) is 11.6. The molecular weight excluding hydrogens is 208 g/mol. The summed E-state index contributed by atoms with van der Waals surface area (Å²) in [6.07, 6.45) is 5.01. The fraction of sp³-hybridized carbons (Fsp3) is 0.909. The van der Waals surface area contributed by atoms with Gasteiger partial charge in [0.05, 0.1) is 5.92 Å². The van der Waals surface area contributed by atoms with E-state index in [1.807, 2.05) is 11.8 Å². The van der Waals surface area contributed by atoms with Gasteiger partial charge in [-0.3, -0.25) is 4.79 Å². The van der Waals surface area contributed by atoms with Crippen molar-refractivity contribution in [3.05, 3.63) is 0 Å². The number of amides is 1. The van der Waals surface area contributed by atoms with Gasteiger partial charge in [0, 0.05) is 18.3 Å². The minimum atomic E-state index is -0.000384. The van der Waals surface area contributed by atoms with Gasteiger partial charge in [-0.2, -0.15) is 11.8 Å². The summed E-state index contributed by atoms with van der Waals surface area (Å²) in [6, 6.07) is 0. The first-order valence-electron chi connectivity index (χ1n) is 5.66. The maximum absolute atomic E-state index is 11.6. The highest BCUT2D eigenvalue weighted by Gasteiger charge is 2.14. The first-order valence-corrected chi connectivity index (χ1v) is 6.95. The molecule has 90 valence electrons. The average molecular weight is 232 g/mol. The van der Waals surface area contributed by atoms with Crippen LogP contribution in [0.2, 0.25) is 0 Å². The summed E-state index contributed by atoms with van der Waals surface area (Å²) in [5, 5.41) is 3.56. The molecule has 0 aliphatic carbocycles. The van der Waals surface area contributed by atoms with Crippen molar-refractivity contribution in [2.75, 3.05) is 19.3 Å². The van der Waals surface area contributed by atoms with Crippen molar-refractivity contribution in [3.63, 3.8) is 0 Å². The SMILES string of the molecule is CCCC(CN)C(=O)NCCC(C)SC. The van der Waals surface area contributed by atoms with Crippen LogP contribution < -0.4 is 11.1 Å². The van der Waals surface area contributed by atoms with Gasteiger partial charge in [-0.05, 0) is 19.1 Å². The Labute approximate surface area is 97.6 Å². The molecule has 0 aliphatic heterocycles. The van der Waals surface area contributed by atoms with Gasteiger partial charge in [0.2, 0.25) is 5.91 Å². The van der Waals surface area contributed by atoms with E-state index in [9.17, 15) is 4.79 Å². The van der Waals surface area contributed by atoms with Gasteiger partial charge < -0.3 is 11.1 Å². The minimum absolute atomic E-state index is 0.000384. The van der Waals surface area contributed by atoms with Gasteiger partial charge in [-0.1, -0.05) is 20.3 Å². The molecule has 0 radical (unpaired) electrons. The Morgan fingerprint density at radius 1 is 1.47 bits per heavy atom. The Balaban J connectivity index is 3.71. The van der Waals surface area contributed by atoms with E-state index in [1.54, 1.807) is 0 Å². The summed E-state index contributed by atoms with van der Waals surface area (Å²) in [5.41, 5.74) is 5.55. The molecule has 0 aromatic carbocycles. The molecule has 3 N–H and O–H groups in total. The van der Waals surface area contributed by atoms with Gasteiger partial charge in [0.25, 0.3) is 0 Å². The lowest BCUT2D eigenvalue weighted by Crippen LogP contribution is -2.36. The zero-order chi connectivity index (χ0) is 11.7. The molecule has 0 heterocycles. The number of thioether (sulfide) groups is 1. The molecule has 0 rings (SSSR count). The number of nitrogens with one attached hydrogen (secondary N) is 1. The van der Waals surface area contributed by atoms with Crippen LogP contribution in [0.1, 0.15) is 33.1 Å². The number of carbonyl (C=O) groups excluding carboxylic acids is 1. The van der Waals surface area contributed by atoms with Crippen LogP contribution in [0.3, 0.4) is 0 Å². The lowest BCUT2D eigenvalue weighted by atomic mass is 10.0. The summed E-state index contributed by atoms with van der Waals surface area (Å²) in [6.45, 7) is 5.47. The molecular formula is C11H24N2OS. The Bertz CT molecular complexity index is 176. The predicted octanol–water partition coefficient (Wildman–Crippen LogP) is 1.62. The number of carbonyl (C=O) groups is 1. The molecule has 0 aromatic rings. The molecule has 0 saturated heterocycles. The highest BCUT2D eigenvalue weighted by atomic mass is 32.2. The van der Waals surface area contributed by atoms with Gasteiger partial charge in [-0.25, -0.2) is 0 Å². The van der Waals surface area contributed by atoms with Gasteiger partial charge >= 0.3 is 0 Å². The standard InChI is InChI=1S/C11H24N2OS/c1-4-5-10(8-12)11(14)13-7-6-9(2)15-3/h9-10H,4-8,12H2,1-3H3,(H,13,14). The van der Waals surface area contributed by atoms with Crippen LogP contribution in [-0.2, 0) is 4.79 Å². The van der Waals surface area contributed by atoms with Gasteiger partial charge in [-0.15, -0.1) is 0 Å². The molecule has 0 fully saturated rings. The Morgan fingerprint density at radius 3 is 2.60 bits per heavy atom. The molecule has 0 bridgehead atoms. The van der Waals surface area contributed by atoms with Crippen LogP contribution in [0.15, 0.2) is 0 Å². The zero-order valence-electron chi connectivity index (χ0n) is 10.1. The molecule has 0 aromatic heterocycles. The van der Waals surface area contributed by atoms with Crippen molar-refractivity contribution in [2.24, 2.45) is 11.7 Å². The minimum Gasteiger partial charge on any atom is -0.356 e. The lowest BCUT2D eigenvalue weighted by Gasteiger charge is -2.15. The van der Waals surface area contributed by atoms with Crippen LogP contribution in [-0.4, -0.2) is 30.5 Å². The number of rotatable bonds is 8. The number of hydrogen-bond acceptors (Lipinski definition) is 3. The van der Waals surface area contributed by atoms with Crippen molar-refractivity contribution < 1.29 is 4.79 Å². The second-order valence-electron chi connectivity index (χ2n) is 3.85. The van der Waals surface area contributed by atoms with Crippen LogP contribution in [0, 0.1) is 5.92 Å². The Kier molecular flexibility index (Phi) is 8.91. The fourth-order valence-corrected chi connectivity index (χ4v) is 1.72. The van der Waals surface area contributed by atoms with Crippen molar-refractivity contribution in [1.29, 1.82) is 0 Å². The Hall–Kier alpha value is -0.220. The van der Waals surface area contributed by atoms with E-state index in [1.165, 1.54) is 0 Å². The maximum atomic E-state index is 11.6. The van der Waals surface area contributed by atoms with Crippen molar-refractivity contribution >= 4 is 17.7 Å². The summed E-state index contributed by atoms with van der Waals surface area (Å²) < 4.78 is 0. The van der Waals surface area contributed by atoms with E-state index in [2.05, 4.69) is 25.4 Å². The second-order valence-corrected chi connectivity index (χ2v) is 5.12. The highest BCUT2D eigenvalue weighted by Crippen LogP contribution is 2.09. The molecule has 4 heteroatoms. The zero-order valence-corrected chi connectivity index (χ0v) is 10.9. The molecule has 2 atom stereocenters. The highest BCUT2D eigenvalue weighted by molar-refractivity contribution is 7.99. The maximum Gasteiger partial charge on any atom is 0.224 e. The molecule has 15 heavy (non-hydrogen) atoms. The number of nitrogens with two attached hydrogens (primary N) is 1. The lowest BCUT2D eigenvalue weighted by molar-refractivity contribution is -0.124. The molecule has 3 nitrogen and oxygen atoms in total. The van der Waals surface area contributed by atoms with E-state index in [-0.39, 0.29) is 11.8 Å².